The average molecular weight is 366 g/mol. The zero-order chi connectivity index (χ0) is 17.4. The van der Waals surface area contributed by atoms with Crippen molar-refractivity contribution in [2.24, 2.45) is 4.99 Å². The number of aliphatic imine (C=N–C) groups is 1. The summed E-state index contributed by atoms with van der Waals surface area (Å²) in [7, 11) is -1.60. The highest BCUT2D eigenvalue weighted by Gasteiger charge is 2.14. The molecule has 1 atom stereocenters. The predicted molar refractivity (Wildman–Crippen MR) is 101 cm³/mol. The minimum atomic E-state index is -3.27. The number of hydrogen-bond acceptors (Lipinski definition) is 4. The van der Waals surface area contributed by atoms with Gasteiger partial charge in [0.25, 0.3) is 0 Å². The van der Waals surface area contributed by atoms with E-state index in [0.717, 1.165) is 6.54 Å². The summed E-state index contributed by atoms with van der Waals surface area (Å²) in [5.74, 6) is 1.01. The van der Waals surface area contributed by atoms with Crippen molar-refractivity contribution < 1.29 is 8.42 Å². The van der Waals surface area contributed by atoms with E-state index >= 15 is 0 Å². The fourth-order valence-electron chi connectivity index (χ4n) is 2.19. The summed E-state index contributed by atoms with van der Waals surface area (Å²) in [6, 6.07) is 12.6. The Kier molecular flexibility index (Phi) is 6.81. The van der Waals surface area contributed by atoms with Crippen LogP contribution in [0.5, 0.6) is 0 Å². The van der Waals surface area contributed by atoms with Crippen LogP contribution in [0.1, 0.15) is 17.7 Å². The van der Waals surface area contributed by atoms with Gasteiger partial charge in [0.1, 0.15) is 0 Å². The number of rotatable bonds is 7. The molecule has 0 radical (unpaired) electrons. The molecule has 1 aromatic carbocycles. The highest BCUT2D eigenvalue weighted by atomic mass is 32.2. The van der Waals surface area contributed by atoms with Crippen LogP contribution >= 0.6 is 11.3 Å². The molecule has 7 heteroatoms. The van der Waals surface area contributed by atoms with Crippen LogP contribution < -0.4 is 10.6 Å². The number of sulfone groups is 1. The second-order valence-corrected chi connectivity index (χ2v) is 8.52. The molecule has 0 aliphatic carbocycles. The molecule has 5 nitrogen and oxygen atoms in total. The first-order valence-electron chi connectivity index (χ1n) is 7.78. The Morgan fingerprint density at radius 3 is 2.54 bits per heavy atom. The Balaban J connectivity index is 1.80. The Morgan fingerprint density at radius 1 is 1.17 bits per heavy atom. The van der Waals surface area contributed by atoms with Crippen molar-refractivity contribution in [1.29, 1.82) is 0 Å². The fraction of sp³-hybridized carbons (Fsp3) is 0.353. The van der Waals surface area contributed by atoms with Gasteiger partial charge in [-0.15, -0.1) is 11.3 Å². The molecule has 0 fully saturated rings. The van der Waals surface area contributed by atoms with E-state index in [1.807, 2.05) is 6.07 Å². The third kappa shape index (κ3) is 5.35. The lowest BCUT2D eigenvalue weighted by Crippen LogP contribution is -2.40. The van der Waals surface area contributed by atoms with Crippen molar-refractivity contribution in [3.63, 3.8) is 0 Å². The van der Waals surface area contributed by atoms with Gasteiger partial charge in [0, 0.05) is 30.9 Å². The van der Waals surface area contributed by atoms with E-state index in [4.69, 9.17) is 0 Å². The average Bonchev–Trinajstić information content (AvgIpc) is 3.13. The summed E-state index contributed by atoms with van der Waals surface area (Å²) < 4.78 is 24.4. The van der Waals surface area contributed by atoms with Gasteiger partial charge in [-0.05, 0) is 23.6 Å². The van der Waals surface area contributed by atoms with Gasteiger partial charge in [0.15, 0.2) is 15.8 Å². The number of thiophene rings is 1. The van der Waals surface area contributed by atoms with E-state index < -0.39 is 9.84 Å². The van der Waals surface area contributed by atoms with Gasteiger partial charge >= 0.3 is 0 Å². The van der Waals surface area contributed by atoms with Crippen molar-refractivity contribution in [3.05, 3.63) is 52.7 Å². The summed E-state index contributed by atoms with van der Waals surface area (Å²) in [5.41, 5.74) is 0. The van der Waals surface area contributed by atoms with Crippen LogP contribution in [0.3, 0.4) is 0 Å². The third-order valence-corrected chi connectivity index (χ3v) is 6.43. The van der Waals surface area contributed by atoms with Gasteiger partial charge in [-0.2, -0.15) is 0 Å². The molecule has 1 unspecified atom stereocenters. The Labute approximate surface area is 147 Å². The van der Waals surface area contributed by atoms with Crippen LogP contribution in [-0.2, 0) is 9.84 Å². The molecule has 24 heavy (non-hydrogen) atoms. The van der Waals surface area contributed by atoms with Gasteiger partial charge < -0.3 is 10.6 Å². The zero-order valence-electron chi connectivity index (χ0n) is 13.9. The first kappa shape index (κ1) is 18.5. The molecule has 0 amide bonds. The van der Waals surface area contributed by atoms with E-state index in [-0.39, 0.29) is 5.75 Å². The highest BCUT2D eigenvalue weighted by Crippen LogP contribution is 2.19. The summed E-state index contributed by atoms with van der Waals surface area (Å²) in [6.07, 6.45) is 0. The van der Waals surface area contributed by atoms with Crippen LogP contribution in [-0.4, -0.2) is 40.3 Å². The summed E-state index contributed by atoms with van der Waals surface area (Å²) in [6.45, 7) is 3.20. The molecular formula is C17H23N3O2S2. The molecule has 130 valence electrons. The SMILES string of the molecule is CN=C(NCCS(=O)(=O)c1ccccc1)NCC(C)c1cccs1. The van der Waals surface area contributed by atoms with Gasteiger partial charge in [0.2, 0.25) is 0 Å². The largest absolute Gasteiger partial charge is 0.356 e. The first-order valence-corrected chi connectivity index (χ1v) is 10.3. The van der Waals surface area contributed by atoms with Crippen molar-refractivity contribution in [2.45, 2.75) is 17.7 Å². The molecule has 0 aliphatic heterocycles. The smallest absolute Gasteiger partial charge is 0.191 e. The van der Waals surface area contributed by atoms with Gasteiger partial charge in [-0.1, -0.05) is 31.2 Å². The summed E-state index contributed by atoms with van der Waals surface area (Å²) >= 11 is 1.73. The first-order chi connectivity index (χ1) is 11.5. The van der Waals surface area contributed by atoms with Crippen LogP contribution in [0.2, 0.25) is 0 Å². The molecule has 0 aliphatic rings. The normalized spacial score (nSPS) is 13.5. The molecule has 2 aromatic rings. The molecule has 0 saturated carbocycles. The Bertz CT molecular complexity index is 741. The lowest BCUT2D eigenvalue weighted by molar-refractivity contribution is 0.594. The van der Waals surface area contributed by atoms with E-state index in [9.17, 15) is 8.42 Å². The predicted octanol–water partition coefficient (Wildman–Crippen LogP) is 2.49. The number of nitrogens with zero attached hydrogens (tertiary/aromatic N) is 1. The molecule has 0 bridgehead atoms. The minimum Gasteiger partial charge on any atom is -0.356 e. The van der Waals surface area contributed by atoms with Crippen molar-refractivity contribution in [1.82, 2.24) is 10.6 Å². The summed E-state index contributed by atoms with van der Waals surface area (Å²) in [4.78, 5) is 5.79. The number of nitrogens with one attached hydrogen (secondary N) is 2. The molecule has 2 rings (SSSR count). The van der Waals surface area contributed by atoms with Gasteiger partial charge in [0.05, 0.1) is 10.6 Å². The second-order valence-electron chi connectivity index (χ2n) is 5.43. The zero-order valence-corrected chi connectivity index (χ0v) is 15.5. The fourth-order valence-corrected chi connectivity index (χ4v) is 4.16. The number of benzene rings is 1. The molecule has 1 aromatic heterocycles. The van der Waals surface area contributed by atoms with Gasteiger partial charge in [-0.3, -0.25) is 4.99 Å². The quantitative estimate of drug-likeness (QED) is 0.584. The van der Waals surface area contributed by atoms with E-state index in [1.54, 1.807) is 48.7 Å². The maximum atomic E-state index is 12.2. The van der Waals surface area contributed by atoms with E-state index in [2.05, 4.69) is 34.0 Å². The van der Waals surface area contributed by atoms with E-state index in [1.165, 1.54) is 4.88 Å². The lowest BCUT2D eigenvalue weighted by atomic mass is 10.1. The Morgan fingerprint density at radius 2 is 1.92 bits per heavy atom. The Hall–Kier alpha value is -1.86. The van der Waals surface area contributed by atoms with Crippen molar-refractivity contribution in [3.8, 4) is 0 Å². The van der Waals surface area contributed by atoms with Crippen LogP contribution in [0.4, 0.5) is 0 Å². The van der Waals surface area contributed by atoms with E-state index in [0.29, 0.717) is 23.3 Å². The second kappa shape index (κ2) is 8.84. The van der Waals surface area contributed by atoms with Crippen LogP contribution in [0, 0.1) is 0 Å². The highest BCUT2D eigenvalue weighted by molar-refractivity contribution is 7.91. The lowest BCUT2D eigenvalue weighted by Gasteiger charge is -2.15. The maximum Gasteiger partial charge on any atom is 0.191 e. The standard InChI is InChI=1S/C17H23N3O2S2/c1-14(16-9-6-11-23-16)13-20-17(18-2)19-10-12-24(21,22)15-7-4-3-5-8-15/h3-9,11,14H,10,12-13H2,1-2H3,(H2,18,19,20). The topological polar surface area (TPSA) is 70.6 Å². The van der Waals surface area contributed by atoms with Crippen LogP contribution in [0.25, 0.3) is 0 Å². The third-order valence-electron chi connectivity index (χ3n) is 3.59. The summed E-state index contributed by atoms with van der Waals surface area (Å²) in [5, 5.41) is 8.36. The minimum absolute atomic E-state index is 0.0260. The number of hydrogen-bond donors (Lipinski definition) is 2. The van der Waals surface area contributed by atoms with Crippen LogP contribution in [0.15, 0.2) is 57.7 Å². The molecule has 1 heterocycles. The van der Waals surface area contributed by atoms with Crippen molar-refractivity contribution in [2.75, 3.05) is 25.9 Å². The van der Waals surface area contributed by atoms with Crippen molar-refractivity contribution >= 4 is 27.1 Å². The van der Waals surface area contributed by atoms with Gasteiger partial charge in [-0.25, -0.2) is 8.42 Å². The monoisotopic (exact) mass is 365 g/mol. The molecule has 0 saturated heterocycles. The molecular weight excluding hydrogens is 342 g/mol. The molecule has 0 spiro atoms. The number of guanidine groups is 1. The maximum absolute atomic E-state index is 12.2. The molecule has 2 N–H and O–H groups in total.